The van der Waals surface area contributed by atoms with Crippen molar-refractivity contribution in [3.05, 3.63) is 0 Å². The van der Waals surface area contributed by atoms with E-state index in [2.05, 4.69) is 0 Å². The van der Waals surface area contributed by atoms with Crippen molar-refractivity contribution in [3.8, 4) is 0 Å². The highest BCUT2D eigenvalue weighted by Crippen LogP contribution is 2.19. The molecule has 19 heavy (non-hydrogen) atoms. The summed E-state index contributed by atoms with van der Waals surface area (Å²) in [5, 5.41) is 0. The minimum atomic E-state index is -4.65. The van der Waals surface area contributed by atoms with E-state index >= 15 is 0 Å². The largest absolute Gasteiger partial charge is 0.285 e. The smallest absolute Gasteiger partial charge is 0.267 e. The third-order valence-corrected chi connectivity index (χ3v) is 3.41. The van der Waals surface area contributed by atoms with Crippen LogP contribution in [0.4, 0.5) is 17.6 Å². The Bertz CT molecular complexity index is 324. The molecular formula is C11H20F4O3S. The zero-order valence-corrected chi connectivity index (χ0v) is 11.4. The van der Waals surface area contributed by atoms with Crippen LogP contribution in [0.15, 0.2) is 0 Å². The van der Waals surface area contributed by atoms with Crippen molar-refractivity contribution in [2.45, 2.75) is 57.0 Å². The van der Waals surface area contributed by atoms with Crippen LogP contribution in [-0.2, 0) is 10.1 Å². The predicted molar refractivity (Wildman–Crippen MR) is 64.8 cm³/mol. The highest BCUT2D eigenvalue weighted by atomic mass is 32.2. The molecule has 3 nitrogen and oxygen atoms in total. The first kappa shape index (κ1) is 18.6. The lowest BCUT2D eigenvalue weighted by Gasteiger charge is -2.16. The fourth-order valence-corrected chi connectivity index (χ4v) is 2.23. The molecule has 3 unspecified atom stereocenters. The highest BCUT2D eigenvalue weighted by Gasteiger charge is 2.32. The molecule has 0 aromatic heterocycles. The standard InChI is InChI=1S/C11H20F4O3S/c12-7-5-3-1-2-4-6-9(13)11(15)10(14)8-19(16,17)18/h9-11H,1-8H2,(H,16,17,18). The summed E-state index contributed by atoms with van der Waals surface area (Å²) in [4.78, 5) is 0. The maximum atomic E-state index is 13.2. The van der Waals surface area contributed by atoms with Gasteiger partial charge in [0.25, 0.3) is 10.1 Å². The third kappa shape index (κ3) is 10.1. The maximum absolute atomic E-state index is 13.2. The molecule has 8 heteroatoms. The van der Waals surface area contributed by atoms with Gasteiger partial charge in [-0.2, -0.15) is 8.42 Å². The lowest BCUT2D eigenvalue weighted by atomic mass is 10.0. The van der Waals surface area contributed by atoms with Gasteiger partial charge in [-0.3, -0.25) is 8.94 Å². The molecule has 116 valence electrons. The van der Waals surface area contributed by atoms with Gasteiger partial charge in [-0.25, -0.2) is 13.2 Å². The summed E-state index contributed by atoms with van der Waals surface area (Å²) in [6.07, 6.45) is -4.75. The van der Waals surface area contributed by atoms with Crippen LogP contribution >= 0.6 is 0 Å². The van der Waals surface area contributed by atoms with Gasteiger partial charge in [0.15, 0.2) is 12.3 Å². The van der Waals surface area contributed by atoms with E-state index in [1.54, 1.807) is 0 Å². The van der Waals surface area contributed by atoms with Crippen LogP contribution in [0.2, 0.25) is 0 Å². The number of rotatable bonds is 11. The van der Waals surface area contributed by atoms with Crippen LogP contribution < -0.4 is 0 Å². The first-order chi connectivity index (χ1) is 8.78. The van der Waals surface area contributed by atoms with Crippen LogP contribution in [-0.4, -0.2) is 43.9 Å². The average molecular weight is 308 g/mol. The molecule has 0 fully saturated rings. The Morgan fingerprint density at radius 2 is 1.42 bits per heavy atom. The van der Waals surface area contributed by atoms with Gasteiger partial charge >= 0.3 is 0 Å². The average Bonchev–Trinajstić information content (AvgIpc) is 2.30. The lowest BCUT2D eigenvalue weighted by molar-refractivity contribution is 0.0853. The van der Waals surface area contributed by atoms with Gasteiger partial charge in [-0.15, -0.1) is 0 Å². The third-order valence-electron chi connectivity index (χ3n) is 2.67. The van der Waals surface area contributed by atoms with Crippen molar-refractivity contribution >= 4 is 10.1 Å². The van der Waals surface area contributed by atoms with Gasteiger partial charge in [0.2, 0.25) is 0 Å². The molecule has 0 rings (SSSR count). The normalized spacial score (nSPS) is 17.1. The van der Waals surface area contributed by atoms with Crippen molar-refractivity contribution in [2.24, 2.45) is 0 Å². The highest BCUT2D eigenvalue weighted by molar-refractivity contribution is 7.85. The number of hydrogen-bond acceptors (Lipinski definition) is 2. The van der Waals surface area contributed by atoms with Gasteiger partial charge in [-0.1, -0.05) is 25.7 Å². The second kappa shape index (κ2) is 9.52. The van der Waals surface area contributed by atoms with Crippen molar-refractivity contribution in [2.75, 3.05) is 12.4 Å². The van der Waals surface area contributed by atoms with Crippen LogP contribution in [0.5, 0.6) is 0 Å². The molecule has 0 amide bonds. The topological polar surface area (TPSA) is 54.4 Å². The maximum Gasteiger partial charge on any atom is 0.267 e. The molecule has 0 bridgehead atoms. The zero-order chi connectivity index (χ0) is 14.9. The number of unbranched alkanes of at least 4 members (excludes halogenated alkanes) is 4. The van der Waals surface area contributed by atoms with Crippen molar-refractivity contribution in [3.63, 3.8) is 0 Å². The van der Waals surface area contributed by atoms with Crippen LogP contribution in [0.1, 0.15) is 38.5 Å². The SMILES string of the molecule is O=S(=O)(O)CC(F)C(F)C(F)CCCCCCCF. The van der Waals surface area contributed by atoms with E-state index in [-0.39, 0.29) is 6.42 Å². The van der Waals surface area contributed by atoms with Crippen molar-refractivity contribution in [1.29, 1.82) is 0 Å². The van der Waals surface area contributed by atoms with E-state index in [4.69, 9.17) is 4.55 Å². The summed E-state index contributed by atoms with van der Waals surface area (Å²) in [5.74, 6) is -1.44. The van der Waals surface area contributed by atoms with Gasteiger partial charge < -0.3 is 0 Å². The molecule has 0 radical (unpaired) electrons. The molecular weight excluding hydrogens is 288 g/mol. The number of hydrogen-bond donors (Lipinski definition) is 1. The van der Waals surface area contributed by atoms with E-state index < -0.39 is 41.1 Å². The Labute approximate surface area is 111 Å². The van der Waals surface area contributed by atoms with E-state index in [9.17, 15) is 26.0 Å². The summed E-state index contributed by atoms with van der Waals surface area (Å²) in [5.41, 5.74) is 0. The second-order valence-electron chi connectivity index (χ2n) is 4.47. The predicted octanol–water partition coefficient (Wildman–Crippen LogP) is 3.20. The Kier molecular flexibility index (Phi) is 9.34. The first-order valence-electron chi connectivity index (χ1n) is 6.21. The van der Waals surface area contributed by atoms with Gasteiger partial charge in [0, 0.05) is 0 Å². The molecule has 0 saturated heterocycles. The van der Waals surface area contributed by atoms with Gasteiger partial charge in [-0.05, 0) is 12.8 Å². The Balaban J connectivity index is 3.83. The van der Waals surface area contributed by atoms with Gasteiger partial charge in [0.1, 0.15) is 11.9 Å². The molecule has 0 aliphatic carbocycles. The summed E-state index contributed by atoms with van der Waals surface area (Å²) < 4.78 is 80.2. The number of halogens is 4. The zero-order valence-electron chi connectivity index (χ0n) is 10.6. The molecule has 0 heterocycles. The molecule has 0 aliphatic rings. The van der Waals surface area contributed by atoms with Crippen LogP contribution in [0.3, 0.4) is 0 Å². The quantitative estimate of drug-likeness (QED) is 0.362. The molecule has 0 aliphatic heterocycles. The molecule has 1 N–H and O–H groups in total. The second-order valence-corrected chi connectivity index (χ2v) is 5.97. The summed E-state index contributed by atoms with van der Waals surface area (Å²) in [6.45, 7) is -0.405. The van der Waals surface area contributed by atoms with E-state index in [1.165, 1.54) is 0 Å². The Morgan fingerprint density at radius 3 is 1.95 bits per heavy atom. The Hall–Kier alpha value is -0.370. The minimum Gasteiger partial charge on any atom is -0.285 e. The minimum absolute atomic E-state index is 0.220. The Morgan fingerprint density at radius 1 is 0.895 bits per heavy atom. The van der Waals surface area contributed by atoms with E-state index in [0.29, 0.717) is 32.1 Å². The summed E-state index contributed by atoms with van der Waals surface area (Å²) in [6, 6.07) is 0. The summed E-state index contributed by atoms with van der Waals surface area (Å²) in [7, 11) is -4.65. The number of alkyl halides is 4. The van der Waals surface area contributed by atoms with Crippen molar-refractivity contribution < 1.29 is 30.5 Å². The molecule has 0 aromatic carbocycles. The van der Waals surface area contributed by atoms with Gasteiger partial charge in [0.05, 0.1) is 6.67 Å². The molecule has 3 atom stereocenters. The first-order valence-corrected chi connectivity index (χ1v) is 7.82. The molecule has 0 aromatic rings. The molecule has 0 spiro atoms. The summed E-state index contributed by atoms with van der Waals surface area (Å²) >= 11 is 0. The fourth-order valence-electron chi connectivity index (χ4n) is 1.64. The van der Waals surface area contributed by atoms with E-state index in [0.717, 1.165) is 0 Å². The van der Waals surface area contributed by atoms with Crippen LogP contribution in [0.25, 0.3) is 0 Å². The monoisotopic (exact) mass is 308 g/mol. The fraction of sp³-hybridized carbons (Fsp3) is 1.00. The van der Waals surface area contributed by atoms with Crippen LogP contribution in [0, 0.1) is 0 Å². The van der Waals surface area contributed by atoms with E-state index in [1.807, 2.05) is 0 Å². The molecule has 0 saturated carbocycles. The van der Waals surface area contributed by atoms with Crippen molar-refractivity contribution in [1.82, 2.24) is 0 Å². The lowest BCUT2D eigenvalue weighted by Crippen LogP contribution is -2.33.